The number of H-pyrrole nitrogens is 1. The lowest BCUT2D eigenvalue weighted by Gasteiger charge is -2.16. The Hall–Kier alpha value is -4.88. The van der Waals surface area contributed by atoms with Gasteiger partial charge in [-0.2, -0.15) is 0 Å². The number of benzene rings is 4. The number of nitrogens with zero attached hydrogens (tertiary/aromatic N) is 1. The molecule has 41 heavy (non-hydrogen) atoms. The van der Waals surface area contributed by atoms with Gasteiger partial charge in [-0.3, -0.25) is 14.5 Å². The predicted molar refractivity (Wildman–Crippen MR) is 165 cm³/mol. The third kappa shape index (κ3) is 6.31. The van der Waals surface area contributed by atoms with Gasteiger partial charge in [-0.05, 0) is 73.1 Å². The first-order valence-corrected chi connectivity index (χ1v) is 13.5. The van der Waals surface area contributed by atoms with Gasteiger partial charge in [0.15, 0.2) is 16.9 Å². The van der Waals surface area contributed by atoms with Crippen molar-refractivity contribution in [1.82, 2.24) is 9.88 Å². The number of rotatable bonds is 10. The molecule has 0 aliphatic heterocycles. The Morgan fingerprint density at radius 2 is 1.59 bits per heavy atom. The number of aromatic amines is 1. The first kappa shape index (κ1) is 27.7. The summed E-state index contributed by atoms with van der Waals surface area (Å²) in [5.74, 6) is 1.18. The summed E-state index contributed by atoms with van der Waals surface area (Å²) in [6, 6.07) is 26.3. The van der Waals surface area contributed by atoms with Crippen LogP contribution in [0.4, 0.5) is 5.69 Å². The van der Waals surface area contributed by atoms with E-state index < -0.39 is 0 Å². The molecule has 0 aliphatic rings. The van der Waals surface area contributed by atoms with E-state index in [1.807, 2.05) is 60.7 Å². The van der Waals surface area contributed by atoms with Crippen LogP contribution < -0.4 is 20.2 Å². The number of hydrogen-bond acceptors (Lipinski definition) is 5. The summed E-state index contributed by atoms with van der Waals surface area (Å²) in [5, 5.41) is 4.06. The fourth-order valence-corrected chi connectivity index (χ4v) is 4.89. The number of amides is 1. The van der Waals surface area contributed by atoms with E-state index in [0.717, 1.165) is 42.1 Å². The van der Waals surface area contributed by atoms with Crippen molar-refractivity contribution in [1.29, 1.82) is 0 Å². The van der Waals surface area contributed by atoms with Crippen LogP contribution in [0.15, 0.2) is 102 Å². The number of aromatic nitrogens is 1. The molecule has 1 heterocycles. The van der Waals surface area contributed by atoms with Gasteiger partial charge in [0.1, 0.15) is 0 Å². The van der Waals surface area contributed by atoms with Crippen LogP contribution in [-0.2, 0) is 13.0 Å². The molecule has 0 unspecified atom stereocenters. The van der Waals surface area contributed by atoms with Crippen molar-refractivity contribution in [2.45, 2.75) is 13.0 Å². The lowest BCUT2D eigenvalue weighted by atomic mass is 10.1. The molecule has 0 saturated heterocycles. The van der Waals surface area contributed by atoms with E-state index in [-0.39, 0.29) is 11.3 Å². The first-order valence-electron chi connectivity index (χ1n) is 13.5. The average molecular weight is 548 g/mol. The number of ether oxygens (including phenoxy) is 2. The van der Waals surface area contributed by atoms with Crippen molar-refractivity contribution in [2.24, 2.45) is 0 Å². The van der Waals surface area contributed by atoms with Crippen LogP contribution >= 0.6 is 0 Å². The van der Waals surface area contributed by atoms with Crippen molar-refractivity contribution in [3.05, 3.63) is 124 Å². The summed E-state index contributed by atoms with van der Waals surface area (Å²) in [7, 11) is 5.35. The van der Waals surface area contributed by atoms with E-state index in [4.69, 9.17) is 9.47 Å². The van der Waals surface area contributed by atoms with Crippen LogP contribution in [0.5, 0.6) is 11.5 Å². The number of pyridine rings is 1. The number of hydrogen-bond donors (Lipinski definition) is 2. The summed E-state index contributed by atoms with van der Waals surface area (Å²) >= 11 is 0. The number of allylic oxidation sites excluding steroid dienone is 1. The Bertz CT molecular complexity index is 1770. The van der Waals surface area contributed by atoms with Gasteiger partial charge < -0.3 is 19.8 Å². The van der Waals surface area contributed by atoms with Gasteiger partial charge in [-0.15, -0.1) is 0 Å². The highest BCUT2D eigenvalue weighted by atomic mass is 16.5. The quantitative estimate of drug-likeness (QED) is 0.161. The molecule has 1 aromatic heterocycles. The Morgan fingerprint density at radius 1 is 0.854 bits per heavy atom. The van der Waals surface area contributed by atoms with Crippen LogP contribution in [0.25, 0.3) is 21.8 Å². The number of nitrogens with one attached hydrogen (secondary N) is 2. The topological polar surface area (TPSA) is 83.7 Å². The van der Waals surface area contributed by atoms with Gasteiger partial charge in [0, 0.05) is 35.1 Å². The largest absolute Gasteiger partial charge is 0.493 e. The molecule has 7 nitrogen and oxygen atoms in total. The second-order valence-electron chi connectivity index (χ2n) is 9.94. The number of fused-ring (bicyclic) bond motifs is 2. The maximum Gasteiger partial charge on any atom is 0.257 e. The van der Waals surface area contributed by atoms with E-state index in [1.165, 1.54) is 0 Å². The predicted octanol–water partition coefficient (Wildman–Crippen LogP) is 6.18. The number of anilines is 1. The number of methoxy groups -OCH3 is 2. The molecular weight excluding hydrogens is 514 g/mol. The minimum atomic E-state index is -0.272. The summed E-state index contributed by atoms with van der Waals surface area (Å²) in [4.78, 5) is 31.6. The first-order chi connectivity index (χ1) is 20.0. The summed E-state index contributed by atoms with van der Waals surface area (Å²) < 4.78 is 10.7. The molecule has 4 aromatic carbocycles. The molecule has 7 heteroatoms. The van der Waals surface area contributed by atoms with Gasteiger partial charge in [0.25, 0.3) is 5.91 Å². The zero-order valence-electron chi connectivity index (χ0n) is 23.4. The van der Waals surface area contributed by atoms with Gasteiger partial charge in [-0.1, -0.05) is 48.6 Å². The van der Waals surface area contributed by atoms with Crippen LogP contribution in [0.1, 0.15) is 21.5 Å². The van der Waals surface area contributed by atoms with Crippen molar-refractivity contribution in [3.63, 3.8) is 0 Å². The van der Waals surface area contributed by atoms with E-state index in [9.17, 15) is 9.59 Å². The molecule has 0 atom stereocenters. The number of carbonyl (C=O) groups excluding carboxylic acids is 1. The highest BCUT2D eigenvalue weighted by Gasteiger charge is 2.14. The van der Waals surface area contributed by atoms with Gasteiger partial charge in [-0.25, -0.2) is 0 Å². The normalized spacial score (nSPS) is 11.4. The highest BCUT2D eigenvalue weighted by Crippen LogP contribution is 2.28. The second-order valence-corrected chi connectivity index (χ2v) is 9.94. The second kappa shape index (κ2) is 12.5. The molecule has 5 aromatic rings. The third-order valence-electron chi connectivity index (χ3n) is 7.03. The molecule has 0 saturated carbocycles. The fraction of sp³-hybridized carbons (Fsp3) is 0.176. The summed E-state index contributed by atoms with van der Waals surface area (Å²) in [5.41, 5.74) is 4.56. The van der Waals surface area contributed by atoms with E-state index in [2.05, 4.69) is 34.4 Å². The maximum absolute atomic E-state index is 13.2. The minimum absolute atomic E-state index is 0.0893. The van der Waals surface area contributed by atoms with Crippen LogP contribution in [0.2, 0.25) is 0 Å². The van der Waals surface area contributed by atoms with Crippen LogP contribution in [0, 0.1) is 0 Å². The molecule has 1 amide bonds. The van der Waals surface area contributed by atoms with Crippen molar-refractivity contribution in [3.8, 4) is 11.5 Å². The lowest BCUT2D eigenvalue weighted by molar-refractivity contribution is 0.102. The number of likely N-dealkylation sites (N-methyl/N-ethyl adjacent to an activating group) is 1. The number of para-hydroxylation sites is 2. The Morgan fingerprint density at radius 3 is 2.37 bits per heavy atom. The van der Waals surface area contributed by atoms with Crippen LogP contribution in [-0.4, -0.2) is 43.6 Å². The summed E-state index contributed by atoms with van der Waals surface area (Å²) in [6.45, 7) is 1.60. The monoisotopic (exact) mass is 547 g/mol. The molecular formula is C34H33N3O4. The highest BCUT2D eigenvalue weighted by molar-refractivity contribution is 6.13. The molecule has 0 spiro atoms. The Kier molecular flexibility index (Phi) is 8.46. The van der Waals surface area contributed by atoms with Crippen molar-refractivity contribution >= 4 is 33.4 Å². The smallest absolute Gasteiger partial charge is 0.257 e. The zero-order chi connectivity index (χ0) is 28.8. The molecule has 0 aliphatic carbocycles. The molecule has 2 N–H and O–H groups in total. The van der Waals surface area contributed by atoms with Crippen LogP contribution in [0.3, 0.4) is 0 Å². The molecule has 208 valence electrons. The zero-order valence-corrected chi connectivity index (χ0v) is 23.4. The molecule has 0 radical (unpaired) electrons. The standard InChI is InChI=1S/C34H33N3O4/c1-37(22-24-16-19-30(40-2)31(21-24)41-3)20-7-6-9-23-14-17-25(18-15-23)35-34(39)28-12-8-11-27-32(28)36-29-13-5-4-10-26(29)33(27)38/h4-8,10-19,21H,9,20,22H2,1-3H3,(H,35,39)(H,36,38). The maximum atomic E-state index is 13.2. The van der Waals surface area contributed by atoms with Gasteiger partial charge in [0.05, 0.1) is 25.3 Å². The SMILES string of the molecule is COc1ccc(CN(C)CC=CCc2ccc(NC(=O)c3cccc4c(=O)c5ccccc5[nH]c34)cc2)cc1OC. The van der Waals surface area contributed by atoms with Gasteiger partial charge >= 0.3 is 0 Å². The third-order valence-corrected chi connectivity index (χ3v) is 7.03. The molecule has 5 rings (SSSR count). The van der Waals surface area contributed by atoms with Crippen molar-refractivity contribution < 1.29 is 14.3 Å². The van der Waals surface area contributed by atoms with E-state index >= 15 is 0 Å². The Labute approximate surface area is 239 Å². The molecule has 0 bridgehead atoms. The lowest BCUT2D eigenvalue weighted by Crippen LogP contribution is -2.17. The minimum Gasteiger partial charge on any atom is -0.493 e. The van der Waals surface area contributed by atoms with Gasteiger partial charge in [0.2, 0.25) is 0 Å². The average Bonchev–Trinajstić information content (AvgIpc) is 3.00. The fourth-order valence-electron chi connectivity index (χ4n) is 4.89. The van der Waals surface area contributed by atoms with E-state index in [1.54, 1.807) is 38.5 Å². The molecule has 0 fully saturated rings. The van der Waals surface area contributed by atoms with Crippen molar-refractivity contribution in [2.75, 3.05) is 33.1 Å². The Balaban J connectivity index is 1.18. The summed E-state index contributed by atoms with van der Waals surface area (Å²) in [6.07, 6.45) is 5.09. The van der Waals surface area contributed by atoms with E-state index in [0.29, 0.717) is 33.1 Å². The number of carbonyl (C=O) groups is 1.